The molecule has 2 aliphatic carbocycles. The average molecular weight is 483 g/mol. The molecule has 4 aliphatic rings. The number of hydrogen-bond acceptors (Lipinski definition) is 5. The van der Waals surface area contributed by atoms with E-state index >= 15 is 0 Å². The molecule has 2 heterocycles. The number of carbonyl (C=O) groups excluding carboxylic acids is 2. The van der Waals surface area contributed by atoms with Crippen molar-refractivity contribution in [2.24, 2.45) is 5.92 Å². The van der Waals surface area contributed by atoms with E-state index in [1.54, 1.807) is 0 Å². The Balaban J connectivity index is 1.19. The molecule has 2 N–H and O–H groups in total. The molecule has 2 saturated carbocycles. The van der Waals surface area contributed by atoms with Gasteiger partial charge in [-0.3, -0.25) is 4.79 Å². The number of hydrogen-bond donors (Lipinski definition) is 2. The summed E-state index contributed by atoms with van der Waals surface area (Å²) in [6, 6.07) is 9.31. The van der Waals surface area contributed by atoms with Crippen LogP contribution in [0.1, 0.15) is 64.9 Å². The number of carbonyl (C=O) groups is 2. The Kier molecular flexibility index (Phi) is 6.66. The van der Waals surface area contributed by atoms with Gasteiger partial charge in [-0.05, 0) is 64.9 Å². The third kappa shape index (κ3) is 5.72. The minimum atomic E-state index is -0.666. The standard InChI is InChI=1S/C28H38N2O5/c1-18(2)9-12-24-27(3,35-24)23-16-21(13-14-28(23)17-33-28)34-26(32)30-22(25(31)29-20-10-11-20)15-19-7-5-4-6-8-19/h4-9,20-24H,10-17H2,1-3H3,(H,29,31)(H,30,32)/t21-,22+,23-,24-,27-,28+/m1/s1. The van der Waals surface area contributed by atoms with Gasteiger partial charge >= 0.3 is 6.09 Å². The van der Waals surface area contributed by atoms with Crippen molar-refractivity contribution in [1.29, 1.82) is 0 Å². The van der Waals surface area contributed by atoms with E-state index in [1.807, 2.05) is 30.3 Å². The van der Waals surface area contributed by atoms with Crippen molar-refractivity contribution in [3.63, 3.8) is 0 Å². The molecule has 35 heavy (non-hydrogen) atoms. The lowest BCUT2D eigenvalue weighted by Crippen LogP contribution is -2.50. The van der Waals surface area contributed by atoms with E-state index in [-0.39, 0.29) is 41.3 Å². The largest absolute Gasteiger partial charge is 0.446 e. The maximum Gasteiger partial charge on any atom is 0.408 e. The van der Waals surface area contributed by atoms with Gasteiger partial charge in [0.15, 0.2) is 0 Å². The van der Waals surface area contributed by atoms with Gasteiger partial charge in [-0.15, -0.1) is 0 Å². The molecule has 7 heteroatoms. The predicted octanol–water partition coefficient (Wildman–Crippen LogP) is 4.05. The second kappa shape index (κ2) is 9.58. The lowest BCUT2D eigenvalue weighted by molar-refractivity contribution is -0.123. The Bertz CT molecular complexity index is 967. The van der Waals surface area contributed by atoms with Crippen molar-refractivity contribution in [3.8, 4) is 0 Å². The molecule has 5 rings (SSSR count). The maximum atomic E-state index is 12.9. The van der Waals surface area contributed by atoms with Crippen LogP contribution in [-0.2, 0) is 25.4 Å². The number of amides is 2. The summed E-state index contributed by atoms with van der Waals surface area (Å²) in [5.41, 5.74) is 1.90. The van der Waals surface area contributed by atoms with Gasteiger partial charge < -0.3 is 24.8 Å². The third-order valence-corrected chi connectivity index (χ3v) is 8.04. The van der Waals surface area contributed by atoms with Gasteiger partial charge in [-0.25, -0.2) is 4.79 Å². The van der Waals surface area contributed by atoms with Crippen molar-refractivity contribution >= 4 is 12.0 Å². The van der Waals surface area contributed by atoms with Crippen molar-refractivity contribution in [2.75, 3.05) is 6.61 Å². The fraction of sp³-hybridized carbons (Fsp3) is 0.643. The molecule has 1 aromatic carbocycles. The zero-order valence-corrected chi connectivity index (χ0v) is 21.0. The molecule has 0 radical (unpaired) electrons. The highest BCUT2D eigenvalue weighted by atomic mass is 16.6. The van der Waals surface area contributed by atoms with Crippen molar-refractivity contribution in [1.82, 2.24) is 10.6 Å². The Morgan fingerprint density at radius 1 is 1.20 bits per heavy atom. The highest BCUT2D eigenvalue weighted by Gasteiger charge is 2.68. The fourth-order valence-electron chi connectivity index (χ4n) is 5.60. The second-order valence-electron chi connectivity index (χ2n) is 11.2. The van der Waals surface area contributed by atoms with Gasteiger partial charge in [0.2, 0.25) is 5.91 Å². The van der Waals surface area contributed by atoms with Crippen LogP contribution in [0, 0.1) is 5.92 Å². The van der Waals surface area contributed by atoms with Gasteiger partial charge in [-0.2, -0.15) is 0 Å². The lowest BCUT2D eigenvalue weighted by atomic mass is 9.70. The van der Waals surface area contributed by atoms with Crippen molar-refractivity contribution in [2.45, 2.75) is 101 Å². The number of alkyl carbamates (subject to hydrolysis) is 1. The molecule has 0 aromatic heterocycles. The molecule has 2 amide bonds. The van der Waals surface area contributed by atoms with E-state index < -0.39 is 12.1 Å². The Morgan fingerprint density at radius 3 is 2.60 bits per heavy atom. The van der Waals surface area contributed by atoms with E-state index in [0.29, 0.717) is 12.8 Å². The van der Waals surface area contributed by atoms with Gasteiger partial charge in [-0.1, -0.05) is 42.0 Å². The SMILES string of the molecule is CC(C)=CC[C@H]1O[C@]1(C)[C@H]1C[C@H](OC(=O)N[C@@H](Cc2ccccc2)C(=O)NC2CC2)CC[C@]12CO2. The molecule has 4 fully saturated rings. The smallest absolute Gasteiger partial charge is 0.408 e. The first kappa shape index (κ1) is 24.3. The molecule has 6 atom stereocenters. The first-order valence-corrected chi connectivity index (χ1v) is 13.0. The quantitative estimate of drug-likeness (QED) is 0.409. The summed E-state index contributed by atoms with van der Waals surface area (Å²) in [5.74, 6) is 0.0385. The highest BCUT2D eigenvalue weighted by molar-refractivity contribution is 5.86. The summed E-state index contributed by atoms with van der Waals surface area (Å²) in [6.45, 7) is 7.13. The molecule has 0 bridgehead atoms. The summed E-state index contributed by atoms with van der Waals surface area (Å²) in [6.07, 6.45) is 7.31. The van der Waals surface area contributed by atoms with Crippen LogP contribution in [0.4, 0.5) is 4.79 Å². The Labute approximate surface area is 208 Å². The van der Waals surface area contributed by atoms with E-state index in [2.05, 4.69) is 37.5 Å². The van der Waals surface area contributed by atoms with Gasteiger partial charge in [0, 0.05) is 18.4 Å². The normalized spacial score (nSPS) is 34.0. The number of allylic oxidation sites excluding steroid dienone is 1. The number of benzene rings is 1. The summed E-state index contributed by atoms with van der Waals surface area (Å²) < 4.78 is 18.0. The van der Waals surface area contributed by atoms with Crippen LogP contribution >= 0.6 is 0 Å². The minimum absolute atomic E-state index is 0.134. The molecule has 0 unspecified atom stereocenters. The molecule has 7 nitrogen and oxygen atoms in total. The van der Waals surface area contributed by atoms with Gasteiger partial charge in [0.1, 0.15) is 12.1 Å². The predicted molar refractivity (Wildman–Crippen MR) is 132 cm³/mol. The molecular formula is C28H38N2O5. The summed E-state index contributed by atoms with van der Waals surface area (Å²) >= 11 is 0. The van der Waals surface area contributed by atoms with Crippen LogP contribution in [0.15, 0.2) is 42.0 Å². The number of epoxide rings is 2. The first-order valence-electron chi connectivity index (χ1n) is 13.0. The van der Waals surface area contributed by atoms with E-state index in [0.717, 1.165) is 44.3 Å². The fourth-order valence-corrected chi connectivity index (χ4v) is 5.60. The van der Waals surface area contributed by atoms with Crippen LogP contribution in [0.5, 0.6) is 0 Å². The first-order chi connectivity index (χ1) is 16.8. The van der Waals surface area contributed by atoms with Gasteiger partial charge in [0.25, 0.3) is 0 Å². The summed E-state index contributed by atoms with van der Waals surface area (Å²) in [4.78, 5) is 25.8. The van der Waals surface area contributed by atoms with Gasteiger partial charge in [0.05, 0.1) is 23.9 Å². The van der Waals surface area contributed by atoms with Crippen LogP contribution in [0.3, 0.4) is 0 Å². The Hall–Kier alpha value is -2.38. The zero-order chi connectivity index (χ0) is 24.6. The molecule has 2 aliphatic heterocycles. The molecule has 1 aromatic rings. The highest BCUT2D eigenvalue weighted by Crippen LogP contribution is 2.59. The average Bonchev–Trinajstić information content (AvgIpc) is 3.72. The molecular weight excluding hydrogens is 444 g/mol. The van der Waals surface area contributed by atoms with E-state index in [1.165, 1.54) is 5.57 Å². The van der Waals surface area contributed by atoms with Crippen molar-refractivity contribution in [3.05, 3.63) is 47.5 Å². The van der Waals surface area contributed by atoms with Crippen LogP contribution < -0.4 is 10.6 Å². The third-order valence-electron chi connectivity index (χ3n) is 8.04. The molecule has 190 valence electrons. The zero-order valence-electron chi connectivity index (χ0n) is 21.0. The lowest BCUT2D eigenvalue weighted by Gasteiger charge is -2.36. The van der Waals surface area contributed by atoms with Crippen LogP contribution in [0.25, 0.3) is 0 Å². The van der Waals surface area contributed by atoms with E-state index in [9.17, 15) is 9.59 Å². The van der Waals surface area contributed by atoms with Crippen LogP contribution in [-0.4, -0.2) is 54.1 Å². The molecule has 1 spiro atoms. The number of rotatable bonds is 9. The van der Waals surface area contributed by atoms with Crippen molar-refractivity contribution < 1.29 is 23.8 Å². The van der Waals surface area contributed by atoms with Crippen LogP contribution in [0.2, 0.25) is 0 Å². The van der Waals surface area contributed by atoms with E-state index in [4.69, 9.17) is 14.2 Å². The second-order valence-corrected chi connectivity index (χ2v) is 11.2. The topological polar surface area (TPSA) is 92.5 Å². The Morgan fingerprint density at radius 2 is 1.94 bits per heavy atom. The number of nitrogens with one attached hydrogen (secondary N) is 2. The molecule has 2 saturated heterocycles. The maximum absolute atomic E-state index is 12.9. The summed E-state index contributed by atoms with van der Waals surface area (Å²) in [5, 5.41) is 5.86. The minimum Gasteiger partial charge on any atom is -0.446 e. The number of ether oxygens (including phenoxy) is 3. The monoisotopic (exact) mass is 482 g/mol. The summed E-state index contributed by atoms with van der Waals surface area (Å²) in [7, 11) is 0.